The summed E-state index contributed by atoms with van der Waals surface area (Å²) >= 11 is 0. The van der Waals surface area contributed by atoms with Crippen LogP contribution in [-0.2, 0) is 9.36 Å². The molecule has 0 aliphatic heterocycles. The predicted molar refractivity (Wildman–Crippen MR) is 43.9 cm³/mol. The first-order chi connectivity index (χ1) is 5.72. The summed E-state index contributed by atoms with van der Waals surface area (Å²) in [5, 5.41) is 8.28. The smallest absolute Gasteiger partial charge is 0.451 e. The summed E-state index contributed by atoms with van der Waals surface area (Å²) in [4.78, 5) is 27.7. The van der Waals surface area contributed by atoms with E-state index in [1.165, 1.54) is 7.05 Å². The number of nitrogens with zero attached hydrogens (tertiary/aromatic N) is 2. The molecule has 0 unspecified atom stereocenters. The van der Waals surface area contributed by atoms with E-state index in [4.69, 9.17) is 20.6 Å². The van der Waals surface area contributed by atoms with Crippen molar-refractivity contribution in [2.24, 2.45) is 10.5 Å². The summed E-state index contributed by atoms with van der Waals surface area (Å²) in [6, 6.07) is 0. The number of hydrogen-bond donors (Lipinski definition) is 4. The van der Waals surface area contributed by atoms with E-state index in [9.17, 15) is 9.36 Å². The highest BCUT2D eigenvalue weighted by molar-refractivity contribution is 7.50. The number of carboxylic acids is 1. The predicted octanol–water partition coefficient (Wildman–Crippen LogP) is -1.59. The number of rotatable bonds is 3. The number of carbonyl (C=O) groups is 1. The molecule has 0 radical (unpaired) electrons. The lowest BCUT2D eigenvalue weighted by atomic mass is 10.6. The third-order valence-electron chi connectivity index (χ3n) is 0.996. The molecular weight excluding hydrogens is 202 g/mol. The lowest BCUT2D eigenvalue weighted by Crippen LogP contribution is -2.37. The Labute approximate surface area is 73.9 Å². The zero-order valence-corrected chi connectivity index (χ0v) is 7.68. The van der Waals surface area contributed by atoms with Crippen molar-refractivity contribution >= 4 is 19.7 Å². The van der Waals surface area contributed by atoms with E-state index < -0.39 is 26.2 Å². The van der Waals surface area contributed by atoms with Crippen LogP contribution in [0, 0.1) is 0 Å². The Morgan fingerprint density at radius 1 is 1.62 bits per heavy atom. The number of carboxylic acid groups (broad SMARTS) is 1. The lowest BCUT2D eigenvalue weighted by molar-refractivity contribution is -0.137. The third-order valence-corrected chi connectivity index (χ3v) is 1.46. The van der Waals surface area contributed by atoms with Crippen molar-refractivity contribution in [3.05, 3.63) is 0 Å². The molecule has 0 aromatic heterocycles. The first kappa shape index (κ1) is 11.9. The molecule has 0 rings (SSSR count). The lowest BCUT2D eigenvalue weighted by Gasteiger charge is -2.14. The molecule has 0 saturated carbocycles. The van der Waals surface area contributed by atoms with Gasteiger partial charge < -0.3 is 25.5 Å². The number of likely N-dealkylation sites (N-methyl/N-ethyl adjacent to an activating group) is 1. The summed E-state index contributed by atoms with van der Waals surface area (Å²) in [6.07, 6.45) is 0. The second-order valence-corrected chi connectivity index (χ2v) is 3.45. The second-order valence-electron chi connectivity index (χ2n) is 2.22. The monoisotopic (exact) mass is 212 g/mol. The Bertz CT molecular complexity index is 271. The van der Waals surface area contributed by atoms with Gasteiger partial charge in [-0.3, -0.25) is 4.79 Å². The van der Waals surface area contributed by atoms with Gasteiger partial charge in [0.25, 0.3) is 0 Å². The fraction of sp³-hybridized carbons (Fsp3) is 0.500. The number of guanidine groups is 1. The normalized spacial score (nSPS) is 12.7. The van der Waals surface area contributed by atoms with Crippen molar-refractivity contribution in [1.82, 2.24) is 4.90 Å². The minimum Gasteiger partial charge on any atom is -0.480 e. The fourth-order valence-electron chi connectivity index (χ4n) is 0.494. The molecule has 13 heavy (non-hydrogen) atoms. The van der Waals surface area contributed by atoms with Crippen LogP contribution in [0.2, 0.25) is 0 Å². The van der Waals surface area contributed by atoms with Crippen molar-refractivity contribution in [2.45, 2.75) is 0 Å². The van der Waals surface area contributed by atoms with E-state index in [0.717, 1.165) is 4.90 Å². The summed E-state index contributed by atoms with van der Waals surface area (Å²) in [5.74, 6) is -1.69. The molecule has 0 bridgehead atoms. The van der Waals surface area contributed by atoms with Crippen LogP contribution < -0.4 is 5.73 Å². The number of nitrogens with two attached hydrogens (primary N) is 1. The van der Waals surface area contributed by atoms with Gasteiger partial charge in [-0.25, -0.2) is 4.57 Å². The van der Waals surface area contributed by atoms with Gasteiger partial charge in [-0.1, -0.05) is 0 Å². The van der Waals surface area contributed by atoms with Crippen LogP contribution in [0.15, 0.2) is 4.76 Å². The standard InChI is InChI=1S/C4H10N3O5P/c1-7(2-3(8)9)4(5)6-13(10,11)12/h2H2,1H3,(H,8,9)(H4,5,6,10,11,12)/i13+1. The van der Waals surface area contributed by atoms with Crippen molar-refractivity contribution in [2.75, 3.05) is 13.6 Å². The molecule has 8 nitrogen and oxygen atoms in total. The van der Waals surface area contributed by atoms with Crippen LogP contribution in [0.5, 0.6) is 0 Å². The summed E-state index contributed by atoms with van der Waals surface area (Å²) < 4.78 is 13.1. The van der Waals surface area contributed by atoms with Crippen LogP contribution in [-0.4, -0.2) is 45.3 Å². The highest BCUT2D eigenvalue weighted by Crippen LogP contribution is 2.35. The highest BCUT2D eigenvalue weighted by atomic mass is 32.2. The van der Waals surface area contributed by atoms with E-state index in [-0.39, 0.29) is 0 Å². The van der Waals surface area contributed by atoms with Crippen LogP contribution in [0.3, 0.4) is 0 Å². The minimum atomic E-state index is -4.59. The molecule has 9 heteroatoms. The van der Waals surface area contributed by atoms with Gasteiger partial charge in [0.15, 0.2) is 0 Å². The van der Waals surface area contributed by atoms with Gasteiger partial charge in [-0.05, 0) is 0 Å². The Morgan fingerprint density at radius 3 is 2.38 bits per heavy atom. The van der Waals surface area contributed by atoms with Crippen LogP contribution in [0.4, 0.5) is 0 Å². The molecule has 0 amide bonds. The molecule has 0 aliphatic rings. The topological polar surface area (TPSA) is 136 Å². The molecule has 76 valence electrons. The fourth-order valence-corrected chi connectivity index (χ4v) is 0.913. The van der Waals surface area contributed by atoms with Crippen LogP contribution in [0.1, 0.15) is 0 Å². The van der Waals surface area contributed by atoms with Crippen molar-refractivity contribution in [3.8, 4) is 0 Å². The van der Waals surface area contributed by atoms with Gasteiger partial charge in [0.1, 0.15) is 6.54 Å². The van der Waals surface area contributed by atoms with E-state index >= 15 is 0 Å². The van der Waals surface area contributed by atoms with Gasteiger partial charge in [0.05, 0.1) is 0 Å². The summed E-state index contributed by atoms with van der Waals surface area (Å²) in [7, 11) is -3.34. The molecular formula is C4H10N3O5P. The molecule has 5 N–H and O–H groups in total. The van der Waals surface area contributed by atoms with Gasteiger partial charge >= 0.3 is 13.7 Å². The van der Waals surface area contributed by atoms with Gasteiger partial charge in [0, 0.05) is 7.05 Å². The summed E-state index contributed by atoms with van der Waals surface area (Å²) in [6.45, 7) is -0.477. The molecule has 0 spiro atoms. The van der Waals surface area contributed by atoms with Crippen LogP contribution in [0.25, 0.3) is 0 Å². The minimum absolute atomic E-state index is 0.477. The maximum absolute atomic E-state index is 10.3. The largest absolute Gasteiger partial charge is 0.480 e. The molecule has 0 aromatic rings. The van der Waals surface area contributed by atoms with E-state index in [0.29, 0.717) is 0 Å². The summed E-state index contributed by atoms with van der Waals surface area (Å²) in [5.41, 5.74) is 5.07. The Morgan fingerprint density at radius 2 is 2.08 bits per heavy atom. The number of aliphatic carboxylic acids is 1. The Hall–Kier alpha value is -1.11. The van der Waals surface area contributed by atoms with Gasteiger partial charge in [-0.2, -0.15) is 0 Å². The Kier molecular flexibility index (Phi) is 3.86. The molecule has 0 saturated heterocycles. The zero-order valence-electron chi connectivity index (χ0n) is 6.78. The number of hydrogen-bond acceptors (Lipinski definition) is 2. The van der Waals surface area contributed by atoms with Crippen molar-refractivity contribution in [1.29, 1.82) is 0 Å². The molecule has 0 fully saturated rings. The van der Waals surface area contributed by atoms with E-state index in [1.54, 1.807) is 0 Å². The van der Waals surface area contributed by atoms with Gasteiger partial charge in [0.2, 0.25) is 5.96 Å². The molecule has 0 heterocycles. The van der Waals surface area contributed by atoms with E-state index in [1.807, 2.05) is 0 Å². The van der Waals surface area contributed by atoms with Crippen LogP contribution >= 0.6 is 7.75 Å². The van der Waals surface area contributed by atoms with Crippen molar-refractivity contribution in [3.63, 3.8) is 0 Å². The maximum Gasteiger partial charge on any atom is 0.451 e. The molecule has 0 aliphatic carbocycles. The zero-order chi connectivity index (χ0) is 10.6. The maximum atomic E-state index is 10.3. The van der Waals surface area contributed by atoms with Crippen molar-refractivity contribution < 1.29 is 24.3 Å². The Balaban J connectivity index is 4.42. The average molecular weight is 212 g/mol. The average Bonchev–Trinajstić information content (AvgIpc) is 1.81. The first-order valence-corrected chi connectivity index (χ1v) is 4.63. The highest BCUT2D eigenvalue weighted by Gasteiger charge is 2.14. The quantitative estimate of drug-likeness (QED) is 0.251. The third kappa shape index (κ3) is 6.09. The molecule has 0 atom stereocenters. The SMILES string of the molecule is CN(CC(=O)O)/C(N)=N/[32P](=O)(O)O. The van der Waals surface area contributed by atoms with Gasteiger partial charge in [-0.15, -0.1) is 4.76 Å². The first-order valence-electron chi connectivity index (χ1n) is 3.06. The molecule has 0 aromatic carbocycles. The second kappa shape index (κ2) is 4.22. The van der Waals surface area contributed by atoms with E-state index in [2.05, 4.69) is 4.76 Å².